The van der Waals surface area contributed by atoms with Crippen LogP contribution < -0.4 is 0 Å². The number of allylic oxidation sites excluding steroid dienone is 4. The van der Waals surface area contributed by atoms with Gasteiger partial charge in [-0.1, -0.05) is 58.8 Å². The fraction of sp³-hybridized carbons (Fsp3) is 0.765. The molecule has 0 aromatic rings. The van der Waals surface area contributed by atoms with E-state index in [0.29, 0.717) is 25.7 Å². The predicted octanol–water partition coefficient (Wildman–Crippen LogP) is 7.17. The summed E-state index contributed by atoms with van der Waals surface area (Å²) in [7, 11) is -2.24. The molecule has 228 valence electrons. The summed E-state index contributed by atoms with van der Waals surface area (Å²) in [4.78, 5) is 51.6. The van der Waals surface area contributed by atoms with Crippen LogP contribution >= 0.6 is 0 Å². The first-order valence-electron chi connectivity index (χ1n) is 15.6. The second-order valence-corrected chi connectivity index (χ2v) is 20.2. The molecule has 2 saturated carbocycles. The Balaban J connectivity index is 1.89. The third-order valence-corrected chi connectivity index (χ3v) is 16.8. The van der Waals surface area contributed by atoms with Crippen LogP contribution in [0.25, 0.3) is 0 Å². The maximum atomic E-state index is 14.2. The molecule has 0 heterocycles. The molecule has 4 aliphatic carbocycles. The number of rotatable bonds is 8. The number of fused-ring (bicyclic) bond motifs is 5. The van der Waals surface area contributed by atoms with E-state index in [-0.39, 0.29) is 64.7 Å². The van der Waals surface area contributed by atoms with Crippen molar-refractivity contribution >= 4 is 31.6 Å². The van der Waals surface area contributed by atoms with Crippen molar-refractivity contribution < 1.29 is 28.3 Å². The van der Waals surface area contributed by atoms with Gasteiger partial charge in [0.2, 0.25) is 0 Å². The topological polar surface area (TPSA) is 86.7 Å². The van der Waals surface area contributed by atoms with Gasteiger partial charge in [0.1, 0.15) is 5.78 Å². The molecule has 4 aliphatic rings. The summed E-state index contributed by atoms with van der Waals surface area (Å²) in [5, 5.41) is -0.00113. The van der Waals surface area contributed by atoms with Gasteiger partial charge in [-0.25, -0.2) is 0 Å². The molecule has 41 heavy (non-hydrogen) atoms. The summed E-state index contributed by atoms with van der Waals surface area (Å²) in [5.74, 6) is 0.292. The van der Waals surface area contributed by atoms with Crippen molar-refractivity contribution in [1.82, 2.24) is 0 Å². The Kier molecular flexibility index (Phi) is 8.36. The van der Waals surface area contributed by atoms with Crippen LogP contribution in [-0.4, -0.2) is 44.3 Å². The largest absolute Gasteiger partial charge is 0.458 e. The van der Waals surface area contributed by atoms with Crippen LogP contribution in [0, 0.1) is 34.0 Å². The lowest BCUT2D eigenvalue weighted by atomic mass is 9.44. The Morgan fingerprint density at radius 3 is 2.39 bits per heavy atom. The second kappa shape index (κ2) is 10.7. The molecule has 0 aromatic carbocycles. The maximum absolute atomic E-state index is 14.2. The zero-order valence-electron chi connectivity index (χ0n) is 27.1. The van der Waals surface area contributed by atoms with Gasteiger partial charge in [0, 0.05) is 43.1 Å². The highest BCUT2D eigenvalue weighted by Crippen LogP contribution is 2.71. The van der Waals surface area contributed by atoms with Gasteiger partial charge < -0.3 is 9.16 Å². The smallest absolute Gasteiger partial charge is 0.303 e. The lowest BCUT2D eigenvalue weighted by Gasteiger charge is -2.62. The number of carbonyl (C=O) groups excluding carboxylic acids is 4. The second-order valence-electron chi connectivity index (χ2n) is 15.4. The van der Waals surface area contributed by atoms with Crippen molar-refractivity contribution in [2.75, 3.05) is 6.61 Å². The Hall–Kier alpha value is -1.86. The Bertz CT molecular complexity index is 1190. The van der Waals surface area contributed by atoms with Crippen molar-refractivity contribution in [2.24, 2.45) is 34.0 Å². The van der Waals surface area contributed by atoms with Gasteiger partial charge in [0.25, 0.3) is 0 Å². The molecular formula is C34H52O6Si. The van der Waals surface area contributed by atoms with Crippen LogP contribution in [0.5, 0.6) is 0 Å². The Morgan fingerprint density at radius 2 is 1.80 bits per heavy atom. The lowest BCUT2D eigenvalue weighted by molar-refractivity contribution is -0.164. The highest BCUT2D eigenvalue weighted by atomic mass is 28.4. The summed E-state index contributed by atoms with van der Waals surface area (Å²) in [6.07, 6.45) is 7.86. The van der Waals surface area contributed by atoms with Crippen LogP contribution in [0.4, 0.5) is 0 Å². The highest BCUT2D eigenvalue weighted by molar-refractivity contribution is 6.74. The number of ether oxygens (including phenoxy) is 1. The summed E-state index contributed by atoms with van der Waals surface area (Å²) < 4.78 is 12.7. The van der Waals surface area contributed by atoms with E-state index in [9.17, 15) is 19.2 Å². The molecule has 0 amide bonds. The molecule has 6 nitrogen and oxygen atoms in total. The quantitative estimate of drug-likeness (QED) is 0.171. The normalized spacial score (nSPS) is 36.9. The number of hydrogen-bond donors (Lipinski definition) is 0. The zero-order valence-corrected chi connectivity index (χ0v) is 28.1. The van der Waals surface area contributed by atoms with Crippen molar-refractivity contribution in [1.29, 1.82) is 0 Å². The van der Waals surface area contributed by atoms with E-state index in [0.717, 1.165) is 12.8 Å². The summed E-state index contributed by atoms with van der Waals surface area (Å²) in [6.45, 7) is 20.9. The minimum atomic E-state index is -2.24. The van der Waals surface area contributed by atoms with E-state index < -0.39 is 25.1 Å². The van der Waals surface area contributed by atoms with E-state index in [1.165, 1.54) is 18.1 Å². The van der Waals surface area contributed by atoms with Crippen molar-refractivity contribution in [3.8, 4) is 0 Å². The third kappa shape index (κ3) is 5.17. The minimum Gasteiger partial charge on any atom is -0.458 e. The molecule has 0 bridgehead atoms. The summed E-state index contributed by atoms with van der Waals surface area (Å²) in [6, 6.07) is 0. The number of carbonyl (C=O) groups is 4. The van der Waals surface area contributed by atoms with Gasteiger partial charge in [-0.2, -0.15) is 0 Å². The standard InChI is InChI=1S/C34H52O6Si/c1-11-23(36)18-34(29(38)20-39-22(3)35)15-13-26-25-16-21(2)27-17-24(37)12-14-32(27,7)30(25)28(19-33(26,34)8)40-41(9,10)31(4,5)6/h12,14,25-26,28,30H,11,13,15-20H2,1-10H3/t25-,26-,28-,30+,32-,33-,34-/m0/s1. The van der Waals surface area contributed by atoms with Gasteiger partial charge in [-0.05, 0) is 80.0 Å². The van der Waals surface area contributed by atoms with Crippen molar-refractivity contribution in [2.45, 2.75) is 125 Å². The SMILES string of the molecule is CCC(=O)C[C@]1(C(=O)COC(C)=O)CC[C@H]2[C@@H]3CC(C)=C4CC(=O)C=C[C@]4(C)[C@H]3[C@@H](O[Si](C)(C)C(C)(C)C)C[C@@]21C. The summed E-state index contributed by atoms with van der Waals surface area (Å²) >= 11 is 0. The molecule has 7 atom stereocenters. The predicted molar refractivity (Wildman–Crippen MR) is 163 cm³/mol. The third-order valence-electron chi connectivity index (χ3n) is 12.2. The minimum absolute atomic E-state index is 0.00113. The highest BCUT2D eigenvalue weighted by Gasteiger charge is 2.69. The van der Waals surface area contributed by atoms with Gasteiger partial charge in [0.15, 0.2) is 26.5 Å². The van der Waals surface area contributed by atoms with E-state index >= 15 is 0 Å². The number of Topliss-reactive ketones (excluding diaryl/α,β-unsaturated/α-hetero) is 2. The Morgan fingerprint density at radius 1 is 1.15 bits per heavy atom. The first-order chi connectivity index (χ1) is 18.8. The molecule has 0 spiro atoms. The van der Waals surface area contributed by atoms with E-state index in [1.807, 2.05) is 6.92 Å². The molecular weight excluding hydrogens is 532 g/mol. The van der Waals surface area contributed by atoms with Crippen LogP contribution in [0.15, 0.2) is 23.3 Å². The monoisotopic (exact) mass is 584 g/mol. The number of ketones is 3. The van der Waals surface area contributed by atoms with Crippen LogP contribution in [0.3, 0.4) is 0 Å². The van der Waals surface area contributed by atoms with Crippen LogP contribution in [-0.2, 0) is 28.3 Å². The molecule has 0 aromatic heterocycles. The molecule has 0 aliphatic heterocycles. The van der Waals surface area contributed by atoms with Crippen LogP contribution in [0.2, 0.25) is 18.1 Å². The van der Waals surface area contributed by atoms with Gasteiger partial charge in [-0.3, -0.25) is 19.2 Å². The van der Waals surface area contributed by atoms with Gasteiger partial charge in [-0.15, -0.1) is 0 Å². The Labute approximate surface area is 248 Å². The molecule has 2 fully saturated rings. The van der Waals surface area contributed by atoms with E-state index in [1.54, 1.807) is 6.08 Å². The first kappa shape index (κ1) is 32.1. The van der Waals surface area contributed by atoms with Crippen molar-refractivity contribution in [3.63, 3.8) is 0 Å². The number of hydrogen-bond acceptors (Lipinski definition) is 6. The first-order valence-corrected chi connectivity index (χ1v) is 18.5. The average molecular weight is 585 g/mol. The molecule has 0 unspecified atom stereocenters. The lowest BCUT2D eigenvalue weighted by Crippen LogP contribution is -2.62. The van der Waals surface area contributed by atoms with E-state index in [2.05, 4.69) is 60.7 Å². The average Bonchev–Trinajstić information content (AvgIpc) is 3.14. The van der Waals surface area contributed by atoms with Crippen LogP contribution in [0.1, 0.15) is 100 Å². The van der Waals surface area contributed by atoms with Gasteiger partial charge >= 0.3 is 5.97 Å². The fourth-order valence-corrected chi connectivity index (χ4v) is 10.4. The number of esters is 1. The molecule has 0 radical (unpaired) electrons. The molecule has 0 N–H and O–H groups in total. The van der Waals surface area contributed by atoms with Gasteiger partial charge in [0.05, 0.1) is 0 Å². The van der Waals surface area contributed by atoms with E-state index in [4.69, 9.17) is 9.16 Å². The maximum Gasteiger partial charge on any atom is 0.303 e. The molecule has 0 saturated heterocycles. The fourth-order valence-electron chi connectivity index (χ4n) is 9.04. The molecule has 7 heteroatoms. The van der Waals surface area contributed by atoms with Crippen molar-refractivity contribution in [3.05, 3.63) is 23.3 Å². The zero-order chi connectivity index (χ0) is 30.8. The molecule has 4 rings (SSSR count). The summed E-state index contributed by atoms with van der Waals surface area (Å²) in [5.41, 5.74) is 0.870.